The van der Waals surface area contributed by atoms with Crippen LogP contribution in [0.4, 0.5) is 8.78 Å². The van der Waals surface area contributed by atoms with Crippen LogP contribution >= 0.6 is 11.8 Å². The van der Waals surface area contributed by atoms with E-state index >= 15 is 0 Å². The first-order chi connectivity index (χ1) is 10.6. The lowest BCUT2D eigenvalue weighted by atomic mass is 10.1. The van der Waals surface area contributed by atoms with Gasteiger partial charge in [0, 0.05) is 28.7 Å². The van der Waals surface area contributed by atoms with Gasteiger partial charge in [0.15, 0.2) is 0 Å². The van der Waals surface area contributed by atoms with E-state index in [9.17, 15) is 13.6 Å². The lowest BCUT2D eigenvalue weighted by Gasteiger charge is -2.12. The summed E-state index contributed by atoms with van der Waals surface area (Å²) in [5, 5.41) is 2.64. The Labute approximate surface area is 132 Å². The molecule has 0 radical (unpaired) electrons. The van der Waals surface area contributed by atoms with Crippen LogP contribution in [-0.2, 0) is 11.3 Å². The first-order valence-electron chi connectivity index (χ1n) is 6.95. The molecule has 0 aliphatic rings. The number of rotatable bonds is 6. The maximum atomic E-state index is 13.5. The molecule has 0 saturated carbocycles. The third-order valence-electron chi connectivity index (χ3n) is 3.15. The van der Waals surface area contributed by atoms with Crippen molar-refractivity contribution in [1.29, 1.82) is 0 Å². The van der Waals surface area contributed by atoms with Crippen LogP contribution in [-0.4, -0.2) is 11.7 Å². The highest BCUT2D eigenvalue weighted by atomic mass is 32.2. The second-order valence-corrected chi connectivity index (χ2v) is 6.07. The quantitative estimate of drug-likeness (QED) is 0.815. The molecule has 0 fully saturated rings. The molecule has 22 heavy (non-hydrogen) atoms. The number of hydrogen-bond acceptors (Lipinski definition) is 2. The van der Waals surface area contributed by atoms with Gasteiger partial charge in [-0.3, -0.25) is 4.79 Å². The van der Waals surface area contributed by atoms with Crippen molar-refractivity contribution in [1.82, 2.24) is 5.32 Å². The average molecular weight is 321 g/mol. The standard InChI is InChI=1S/C17H17F2NOS/c1-12(11-22-15-5-3-2-4-6-15)17(21)20-10-13-9-14(18)7-8-16(13)19/h2-9,12H,10-11H2,1H3,(H,20,21). The van der Waals surface area contributed by atoms with Crippen molar-refractivity contribution >= 4 is 17.7 Å². The summed E-state index contributed by atoms with van der Waals surface area (Å²) in [6, 6.07) is 13.0. The molecule has 0 bridgehead atoms. The lowest BCUT2D eigenvalue weighted by molar-refractivity contribution is -0.124. The van der Waals surface area contributed by atoms with Crippen LogP contribution in [0.2, 0.25) is 0 Å². The van der Waals surface area contributed by atoms with Crippen LogP contribution in [0.25, 0.3) is 0 Å². The van der Waals surface area contributed by atoms with Gasteiger partial charge in [0.05, 0.1) is 0 Å². The smallest absolute Gasteiger partial charge is 0.223 e. The second kappa shape index (κ2) is 7.94. The number of carbonyl (C=O) groups is 1. The summed E-state index contributed by atoms with van der Waals surface area (Å²) in [7, 11) is 0. The van der Waals surface area contributed by atoms with Gasteiger partial charge in [-0.05, 0) is 30.3 Å². The fourth-order valence-electron chi connectivity index (χ4n) is 1.85. The van der Waals surface area contributed by atoms with Crippen molar-refractivity contribution in [3.63, 3.8) is 0 Å². The molecule has 116 valence electrons. The van der Waals surface area contributed by atoms with E-state index in [1.807, 2.05) is 37.3 Å². The molecule has 1 atom stereocenters. The minimum atomic E-state index is -0.520. The summed E-state index contributed by atoms with van der Waals surface area (Å²) in [5.74, 6) is -0.804. The molecule has 0 aliphatic heterocycles. The molecule has 1 amide bonds. The van der Waals surface area contributed by atoms with Crippen LogP contribution in [0.1, 0.15) is 12.5 Å². The fourth-order valence-corrected chi connectivity index (χ4v) is 2.79. The van der Waals surface area contributed by atoms with Gasteiger partial charge in [0.25, 0.3) is 0 Å². The van der Waals surface area contributed by atoms with E-state index in [-0.39, 0.29) is 23.9 Å². The zero-order valence-electron chi connectivity index (χ0n) is 12.2. The number of halogens is 2. The van der Waals surface area contributed by atoms with E-state index in [2.05, 4.69) is 5.32 Å². The van der Waals surface area contributed by atoms with E-state index < -0.39 is 11.6 Å². The largest absolute Gasteiger partial charge is 0.352 e. The molecule has 0 spiro atoms. The van der Waals surface area contributed by atoms with E-state index in [1.165, 1.54) is 0 Å². The van der Waals surface area contributed by atoms with E-state index in [4.69, 9.17) is 0 Å². The normalized spacial score (nSPS) is 12.0. The average Bonchev–Trinajstić information content (AvgIpc) is 2.54. The summed E-state index contributed by atoms with van der Waals surface area (Å²) in [6.45, 7) is 1.80. The van der Waals surface area contributed by atoms with E-state index in [1.54, 1.807) is 11.8 Å². The Balaban J connectivity index is 1.82. The summed E-state index contributed by atoms with van der Waals surface area (Å²) < 4.78 is 26.5. The number of thioether (sulfide) groups is 1. The first kappa shape index (κ1) is 16.5. The van der Waals surface area contributed by atoms with Gasteiger partial charge in [0.1, 0.15) is 11.6 Å². The molecule has 1 N–H and O–H groups in total. The molecule has 5 heteroatoms. The number of carbonyl (C=O) groups excluding carboxylic acids is 1. The summed E-state index contributed by atoms with van der Waals surface area (Å²) in [5.41, 5.74) is 0.149. The maximum Gasteiger partial charge on any atom is 0.223 e. The van der Waals surface area contributed by atoms with Crippen molar-refractivity contribution in [3.05, 3.63) is 65.7 Å². The van der Waals surface area contributed by atoms with Crippen LogP contribution in [0.5, 0.6) is 0 Å². The molecule has 2 rings (SSSR count). The van der Waals surface area contributed by atoms with Gasteiger partial charge in [-0.1, -0.05) is 25.1 Å². The van der Waals surface area contributed by atoms with Gasteiger partial charge < -0.3 is 5.32 Å². The third-order valence-corrected chi connectivity index (χ3v) is 4.42. The van der Waals surface area contributed by atoms with E-state index in [0.29, 0.717) is 5.75 Å². The molecular weight excluding hydrogens is 304 g/mol. The number of benzene rings is 2. The highest BCUT2D eigenvalue weighted by molar-refractivity contribution is 7.99. The molecule has 2 nitrogen and oxygen atoms in total. The minimum absolute atomic E-state index is 0.0111. The Morgan fingerprint density at radius 3 is 2.64 bits per heavy atom. The molecular formula is C17H17F2NOS. The molecule has 2 aromatic carbocycles. The van der Waals surface area contributed by atoms with Crippen molar-refractivity contribution < 1.29 is 13.6 Å². The van der Waals surface area contributed by atoms with Crippen molar-refractivity contribution in [3.8, 4) is 0 Å². The zero-order valence-corrected chi connectivity index (χ0v) is 13.0. The van der Waals surface area contributed by atoms with Crippen LogP contribution < -0.4 is 5.32 Å². The molecule has 0 heterocycles. The molecule has 2 aromatic rings. The van der Waals surface area contributed by atoms with Crippen LogP contribution in [0.3, 0.4) is 0 Å². The van der Waals surface area contributed by atoms with Gasteiger partial charge in [0.2, 0.25) is 5.91 Å². The Morgan fingerprint density at radius 2 is 1.91 bits per heavy atom. The fraction of sp³-hybridized carbons (Fsp3) is 0.235. The predicted octanol–water partition coefficient (Wildman–Crippen LogP) is 4.01. The molecule has 0 saturated heterocycles. The second-order valence-electron chi connectivity index (χ2n) is 4.98. The van der Waals surface area contributed by atoms with Crippen molar-refractivity contribution in [2.45, 2.75) is 18.4 Å². The maximum absolute atomic E-state index is 13.5. The third kappa shape index (κ3) is 4.84. The van der Waals surface area contributed by atoms with Crippen LogP contribution in [0, 0.1) is 17.6 Å². The summed E-state index contributed by atoms with van der Waals surface area (Å²) >= 11 is 1.59. The zero-order chi connectivity index (χ0) is 15.9. The highest BCUT2D eigenvalue weighted by Crippen LogP contribution is 2.20. The lowest BCUT2D eigenvalue weighted by Crippen LogP contribution is -2.30. The van der Waals surface area contributed by atoms with Crippen LogP contribution in [0.15, 0.2) is 53.4 Å². The van der Waals surface area contributed by atoms with Gasteiger partial charge in [-0.25, -0.2) is 8.78 Å². The number of hydrogen-bond donors (Lipinski definition) is 1. The van der Waals surface area contributed by atoms with Gasteiger partial charge >= 0.3 is 0 Å². The Kier molecular flexibility index (Phi) is 5.95. The Bertz CT molecular complexity index is 634. The summed E-state index contributed by atoms with van der Waals surface area (Å²) in [4.78, 5) is 13.1. The molecule has 0 aliphatic carbocycles. The monoisotopic (exact) mass is 321 g/mol. The first-order valence-corrected chi connectivity index (χ1v) is 7.94. The predicted molar refractivity (Wildman–Crippen MR) is 84.5 cm³/mol. The SMILES string of the molecule is CC(CSc1ccccc1)C(=O)NCc1cc(F)ccc1F. The summed E-state index contributed by atoms with van der Waals surface area (Å²) in [6.07, 6.45) is 0. The number of nitrogens with one attached hydrogen (secondary N) is 1. The number of amides is 1. The minimum Gasteiger partial charge on any atom is -0.352 e. The Hall–Kier alpha value is -1.88. The van der Waals surface area contributed by atoms with Crippen molar-refractivity contribution in [2.75, 3.05) is 5.75 Å². The van der Waals surface area contributed by atoms with Gasteiger partial charge in [-0.15, -0.1) is 11.8 Å². The topological polar surface area (TPSA) is 29.1 Å². The van der Waals surface area contributed by atoms with Crippen molar-refractivity contribution in [2.24, 2.45) is 5.92 Å². The van der Waals surface area contributed by atoms with Gasteiger partial charge in [-0.2, -0.15) is 0 Å². The Morgan fingerprint density at radius 1 is 1.18 bits per heavy atom. The highest BCUT2D eigenvalue weighted by Gasteiger charge is 2.14. The molecule has 1 unspecified atom stereocenters. The van der Waals surface area contributed by atoms with E-state index in [0.717, 1.165) is 23.1 Å². The molecule has 0 aromatic heterocycles.